The summed E-state index contributed by atoms with van der Waals surface area (Å²) in [4.78, 5) is 31.5. The number of benzene rings is 2. The molecule has 14 nitrogen and oxygen atoms in total. The summed E-state index contributed by atoms with van der Waals surface area (Å²) in [6.07, 6.45) is 1.45. The second-order valence-corrected chi connectivity index (χ2v) is 8.81. The van der Waals surface area contributed by atoms with Crippen LogP contribution in [0.5, 0.6) is 17.2 Å². The van der Waals surface area contributed by atoms with Crippen LogP contribution in [0.2, 0.25) is 0 Å². The standard InChI is InChI=1S/C27H29FN8O6/c1-14(37)42-20-11-15(6-7-17(20)24(30)31)33-23(18-12-16(40-3)13-21(22(18)28)41-10-9-39-2)25-34-27(38)36(35-25)26-19(29)5-4-8-32-26/h4-8,11-13,23,33H,9-10,29H2,1-3H3,(H3,30,31)(H,34,35,38). The number of halogens is 1. The largest absolute Gasteiger partial charge is 0.497 e. The highest BCUT2D eigenvalue weighted by molar-refractivity contribution is 5.98. The molecule has 42 heavy (non-hydrogen) atoms. The smallest absolute Gasteiger partial charge is 0.349 e. The van der Waals surface area contributed by atoms with Crippen LogP contribution < -0.4 is 36.7 Å². The topological polar surface area (TPSA) is 205 Å². The molecule has 4 rings (SSSR count). The number of nitrogens with one attached hydrogen (secondary N) is 3. The summed E-state index contributed by atoms with van der Waals surface area (Å²) in [5, 5.41) is 15.3. The van der Waals surface area contributed by atoms with Crippen molar-refractivity contribution in [2.45, 2.75) is 13.0 Å². The number of pyridine rings is 1. The maximum absolute atomic E-state index is 16.0. The average molecular weight is 581 g/mol. The van der Waals surface area contributed by atoms with E-state index in [0.29, 0.717) is 5.69 Å². The minimum absolute atomic E-state index is 0.00580. The maximum Gasteiger partial charge on any atom is 0.349 e. The molecule has 2 aromatic heterocycles. The number of esters is 1. The lowest BCUT2D eigenvalue weighted by molar-refractivity contribution is -0.131. The van der Waals surface area contributed by atoms with Crippen LogP contribution in [-0.2, 0) is 9.53 Å². The lowest BCUT2D eigenvalue weighted by atomic mass is 10.0. The zero-order valence-corrected chi connectivity index (χ0v) is 22.9. The van der Waals surface area contributed by atoms with Crippen molar-refractivity contribution in [3.8, 4) is 23.1 Å². The van der Waals surface area contributed by atoms with Crippen LogP contribution in [0.3, 0.4) is 0 Å². The molecule has 1 unspecified atom stereocenters. The number of nitrogens with two attached hydrogens (primary N) is 2. The van der Waals surface area contributed by atoms with Gasteiger partial charge in [-0.2, -0.15) is 4.68 Å². The first-order chi connectivity index (χ1) is 20.1. The Morgan fingerprint density at radius 1 is 1.19 bits per heavy atom. The fourth-order valence-electron chi connectivity index (χ4n) is 4.00. The quantitative estimate of drug-likeness (QED) is 0.0539. The van der Waals surface area contributed by atoms with E-state index in [4.69, 9.17) is 35.8 Å². The zero-order chi connectivity index (χ0) is 30.4. The molecule has 1 atom stereocenters. The minimum Gasteiger partial charge on any atom is -0.497 e. The monoisotopic (exact) mass is 580 g/mol. The first kappa shape index (κ1) is 29.5. The van der Waals surface area contributed by atoms with Gasteiger partial charge in [0.15, 0.2) is 23.2 Å². The van der Waals surface area contributed by atoms with Crippen molar-refractivity contribution in [3.63, 3.8) is 0 Å². The molecule has 0 aliphatic heterocycles. The van der Waals surface area contributed by atoms with Gasteiger partial charge in [0.05, 0.1) is 25.0 Å². The van der Waals surface area contributed by atoms with E-state index in [-0.39, 0.29) is 64.8 Å². The molecule has 0 bridgehead atoms. The van der Waals surface area contributed by atoms with Gasteiger partial charge < -0.3 is 35.7 Å². The summed E-state index contributed by atoms with van der Waals surface area (Å²) in [6.45, 7) is 1.46. The van der Waals surface area contributed by atoms with Crippen molar-refractivity contribution in [1.29, 1.82) is 5.41 Å². The predicted molar refractivity (Wildman–Crippen MR) is 151 cm³/mol. The van der Waals surface area contributed by atoms with Crippen LogP contribution >= 0.6 is 0 Å². The van der Waals surface area contributed by atoms with Crippen LogP contribution in [0.25, 0.3) is 5.82 Å². The molecule has 0 aliphatic carbocycles. The highest BCUT2D eigenvalue weighted by Crippen LogP contribution is 2.36. The van der Waals surface area contributed by atoms with Gasteiger partial charge in [-0.25, -0.2) is 14.2 Å². The molecule has 2 heterocycles. The van der Waals surface area contributed by atoms with E-state index in [2.05, 4.69) is 20.4 Å². The molecular formula is C27H29FN8O6. The van der Waals surface area contributed by atoms with Crippen molar-refractivity contribution in [1.82, 2.24) is 19.7 Å². The number of carbonyl (C=O) groups is 1. The molecule has 2 aromatic carbocycles. The molecule has 7 N–H and O–H groups in total. The molecule has 15 heteroatoms. The second kappa shape index (κ2) is 12.8. The Hall–Kier alpha value is -5.44. The number of H-pyrrole nitrogens is 1. The van der Waals surface area contributed by atoms with Gasteiger partial charge in [0.2, 0.25) is 0 Å². The van der Waals surface area contributed by atoms with E-state index in [1.165, 1.54) is 57.7 Å². The number of nitrogens with zero attached hydrogens (tertiary/aromatic N) is 3. The molecule has 4 aromatic rings. The van der Waals surface area contributed by atoms with Gasteiger partial charge in [-0.05, 0) is 30.3 Å². The number of methoxy groups -OCH3 is 2. The van der Waals surface area contributed by atoms with E-state index in [0.717, 1.165) is 4.68 Å². The second-order valence-electron chi connectivity index (χ2n) is 8.81. The van der Waals surface area contributed by atoms with Crippen molar-refractivity contribution in [2.75, 3.05) is 38.5 Å². The minimum atomic E-state index is -1.17. The number of rotatable bonds is 12. The number of amidine groups is 1. The van der Waals surface area contributed by atoms with E-state index >= 15 is 4.39 Å². The van der Waals surface area contributed by atoms with E-state index in [9.17, 15) is 9.59 Å². The summed E-state index contributed by atoms with van der Waals surface area (Å²) < 4.78 is 38.2. The summed E-state index contributed by atoms with van der Waals surface area (Å²) in [7, 11) is 2.89. The molecule has 0 radical (unpaired) electrons. The zero-order valence-electron chi connectivity index (χ0n) is 22.9. The van der Waals surface area contributed by atoms with Crippen LogP contribution in [-0.4, -0.2) is 59.0 Å². The van der Waals surface area contributed by atoms with Gasteiger partial charge in [0.1, 0.15) is 30.0 Å². The van der Waals surface area contributed by atoms with Crippen LogP contribution in [0.1, 0.15) is 29.9 Å². The lowest BCUT2D eigenvalue weighted by Crippen LogP contribution is -2.19. The highest BCUT2D eigenvalue weighted by Gasteiger charge is 2.27. The lowest BCUT2D eigenvalue weighted by Gasteiger charge is -2.22. The molecule has 0 spiro atoms. The van der Waals surface area contributed by atoms with E-state index in [1.807, 2.05) is 0 Å². The molecule has 220 valence electrons. The summed E-state index contributed by atoms with van der Waals surface area (Å²) >= 11 is 0. The molecular weight excluding hydrogens is 551 g/mol. The fraction of sp³-hybridized carbons (Fsp3) is 0.222. The van der Waals surface area contributed by atoms with Gasteiger partial charge in [-0.15, -0.1) is 5.10 Å². The van der Waals surface area contributed by atoms with E-state index < -0.39 is 23.5 Å². The summed E-state index contributed by atoms with van der Waals surface area (Å²) in [5.41, 5.74) is 11.6. The SMILES string of the molecule is COCCOc1cc(OC)cc(C(Nc2ccc(C(=N)N)c(OC(C)=O)c2)c2nn(-c3ncccc3N)c(=O)[nH]2)c1F. The van der Waals surface area contributed by atoms with E-state index in [1.54, 1.807) is 12.1 Å². The van der Waals surface area contributed by atoms with Gasteiger partial charge in [-0.3, -0.25) is 15.2 Å². The number of nitrogen functional groups attached to an aromatic ring is 2. The van der Waals surface area contributed by atoms with Crippen LogP contribution in [0.15, 0.2) is 53.5 Å². The first-order valence-corrected chi connectivity index (χ1v) is 12.5. The maximum atomic E-state index is 16.0. The Bertz CT molecular complexity index is 1670. The Morgan fingerprint density at radius 2 is 1.98 bits per heavy atom. The predicted octanol–water partition coefficient (Wildman–Crippen LogP) is 2.12. The molecule has 0 saturated carbocycles. The number of aromatic amines is 1. The number of carbonyl (C=O) groups excluding carboxylic acids is 1. The van der Waals surface area contributed by atoms with Crippen LogP contribution in [0.4, 0.5) is 15.8 Å². The van der Waals surface area contributed by atoms with Crippen molar-refractivity contribution >= 4 is 23.2 Å². The van der Waals surface area contributed by atoms with Gasteiger partial charge in [-0.1, -0.05) is 0 Å². The van der Waals surface area contributed by atoms with Crippen LogP contribution in [0, 0.1) is 11.2 Å². The Morgan fingerprint density at radius 3 is 2.64 bits per heavy atom. The van der Waals surface area contributed by atoms with Crippen molar-refractivity contribution in [2.24, 2.45) is 5.73 Å². The number of hydrogen-bond donors (Lipinski definition) is 5. The fourth-order valence-corrected chi connectivity index (χ4v) is 4.00. The number of anilines is 2. The summed E-state index contributed by atoms with van der Waals surface area (Å²) in [5.74, 6) is -1.57. The normalized spacial score (nSPS) is 11.5. The van der Waals surface area contributed by atoms with Gasteiger partial charge in [0.25, 0.3) is 0 Å². The Labute approximate surface area is 238 Å². The molecule has 0 amide bonds. The summed E-state index contributed by atoms with van der Waals surface area (Å²) in [6, 6.07) is 9.18. The Kier molecular flexibility index (Phi) is 9.02. The molecule has 0 aliphatic rings. The van der Waals surface area contributed by atoms with Crippen molar-refractivity contribution in [3.05, 3.63) is 81.9 Å². The van der Waals surface area contributed by atoms with Gasteiger partial charge in [0, 0.05) is 43.6 Å². The number of hydrogen-bond acceptors (Lipinski definition) is 11. The molecule has 0 saturated heterocycles. The van der Waals surface area contributed by atoms with Gasteiger partial charge >= 0.3 is 11.7 Å². The number of aromatic nitrogens is 4. The van der Waals surface area contributed by atoms with Crippen molar-refractivity contribution < 1.29 is 28.1 Å². The Balaban J connectivity index is 1.88. The average Bonchev–Trinajstić information content (AvgIpc) is 3.33. The highest BCUT2D eigenvalue weighted by atomic mass is 19.1. The third-order valence-corrected chi connectivity index (χ3v) is 5.90. The molecule has 0 fully saturated rings. The third kappa shape index (κ3) is 6.47. The third-order valence-electron chi connectivity index (χ3n) is 5.90. The first-order valence-electron chi connectivity index (χ1n) is 12.5. The number of ether oxygens (including phenoxy) is 4.